The predicted molar refractivity (Wildman–Crippen MR) is 96.2 cm³/mol. The van der Waals surface area contributed by atoms with Gasteiger partial charge in [0.05, 0.1) is 12.2 Å². The third kappa shape index (κ3) is 3.68. The maximum atomic E-state index is 13.2. The van der Waals surface area contributed by atoms with E-state index in [4.69, 9.17) is 4.74 Å². The van der Waals surface area contributed by atoms with Gasteiger partial charge in [0.1, 0.15) is 5.76 Å². The topological polar surface area (TPSA) is 26.3 Å². The van der Waals surface area contributed by atoms with Gasteiger partial charge in [0.25, 0.3) is 0 Å². The summed E-state index contributed by atoms with van der Waals surface area (Å²) in [6.07, 6.45) is 0.720. The van der Waals surface area contributed by atoms with Gasteiger partial charge in [0.2, 0.25) is 0 Å². The second kappa shape index (κ2) is 6.51. The second-order valence-corrected chi connectivity index (χ2v) is 8.26. The van der Waals surface area contributed by atoms with Crippen molar-refractivity contribution in [2.24, 2.45) is 17.3 Å². The Kier molecular flexibility index (Phi) is 5.03. The molecule has 2 nitrogen and oxygen atoms in total. The number of ether oxygens (including phenoxy) is 1. The number of allylic oxidation sites excluding steroid dienone is 2. The van der Waals surface area contributed by atoms with Gasteiger partial charge in [-0.3, -0.25) is 4.79 Å². The molecule has 0 radical (unpaired) electrons. The fourth-order valence-electron chi connectivity index (χ4n) is 3.26. The van der Waals surface area contributed by atoms with Gasteiger partial charge in [-0.2, -0.15) is 0 Å². The lowest BCUT2D eigenvalue weighted by atomic mass is 9.77. The van der Waals surface area contributed by atoms with Gasteiger partial charge in [0, 0.05) is 12.3 Å². The highest BCUT2D eigenvalue weighted by atomic mass is 16.5. The first-order valence-electron chi connectivity index (χ1n) is 8.59. The zero-order valence-corrected chi connectivity index (χ0v) is 15.6. The molecule has 0 aromatic heterocycles. The predicted octanol–water partition coefficient (Wildman–Crippen LogP) is 5.32. The van der Waals surface area contributed by atoms with Gasteiger partial charge in [-0.15, -0.1) is 0 Å². The molecule has 0 fully saturated rings. The van der Waals surface area contributed by atoms with E-state index in [0.29, 0.717) is 12.5 Å². The maximum Gasteiger partial charge on any atom is 0.170 e. The van der Waals surface area contributed by atoms with Gasteiger partial charge in [-0.1, -0.05) is 52.8 Å². The summed E-state index contributed by atoms with van der Waals surface area (Å²) in [5.41, 5.74) is 4.13. The van der Waals surface area contributed by atoms with Gasteiger partial charge < -0.3 is 4.74 Å². The molecule has 0 heterocycles. The fourth-order valence-corrected chi connectivity index (χ4v) is 3.26. The van der Waals surface area contributed by atoms with Crippen molar-refractivity contribution in [1.82, 2.24) is 0 Å². The second-order valence-electron chi connectivity index (χ2n) is 8.26. The minimum absolute atomic E-state index is 0.00123. The SMILES string of the molecule is Cc1cccc(C)c1C1=C(OCC(C)C)CC(C(C)(C)C)C1=O. The number of hydrogen-bond donors (Lipinski definition) is 0. The van der Waals surface area contributed by atoms with E-state index in [1.165, 1.54) is 0 Å². The molecule has 0 saturated carbocycles. The Morgan fingerprint density at radius 1 is 1.17 bits per heavy atom. The van der Waals surface area contributed by atoms with E-state index < -0.39 is 0 Å². The first-order chi connectivity index (χ1) is 10.6. The zero-order valence-electron chi connectivity index (χ0n) is 15.6. The molecule has 23 heavy (non-hydrogen) atoms. The van der Waals surface area contributed by atoms with Crippen molar-refractivity contribution in [3.63, 3.8) is 0 Å². The van der Waals surface area contributed by atoms with Crippen LogP contribution in [0, 0.1) is 31.1 Å². The number of Topliss-reactive ketones (excluding diaryl/α,β-unsaturated/α-hetero) is 1. The van der Waals surface area contributed by atoms with Crippen molar-refractivity contribution < 1.29 is 9.53 Å². The Morgan fingerprint density at radius 3 is 2.22 bits per heavy atom. The molecular weight excluding hydrogens is 284 g/mol. The van der Waals surface area contributed by atoms with Crippen LogP contribution in [0.15, 0.2) is 24.0 Å². The Hall–Kier alpha value is -1.57. The molecule has 126 valence electrons. The number of benzene rings is 1. The van der Waals surface area contributed by atoms with Crippen molar-refractivity contribution in [2.45, 2.75) is 54.9 Å². The summed E-state index contributed by atoms with van der Waals surface area (Å²) in [4.78, 5) is 13.2. The van der Waals surface area contributed by atoms with Crippen LogP contribution in [0.3, 0.4) is 0 Å². The molecule has 1 atom stereocenters. The standard InChI is InChI=1S/C21H30O2/c1-13(2)12-23-17-11-16(21(5,6)7)20(22)19(17)18-14(3)9-8-10-15(18)4/h8-10,13,16H,11-12H2,1-7H3. The van der Waals surface area contributed by atoms with Gasteiger partial charge >= 0.3 is 0 Å². The molecule has 1 aliphatic rings. The van der Waals surface area contributed by atoms with Crippen LogP contribution in [0.2, 0.25) is 0 Å². The van der Waals surface area contributed by atoms with Crippen LogP contribution < -0.4 is 0 Å². The van der Waals surface area contributed by atoms with Crippen molar-refractivity contribution in [3.05, 3.63) is 40.6 Å². The molecule has 0 spiro atoms. The minimum atomic E-state index is -0.0537. The number of ketones is 1. The van der Waals surface area contributed by atoms with Crippen molar-refractivity contribution in [1.29, 1.82) is 0 Å². The van der Waals surface area contributed by atoms with Crippen LogP contribution in [0.5, 0.6) is 0 Å². The smallest absolute Gasteiger partial charge is 0.170 e. The molecule has 0 bridgehead atoms. The quantitative estimate of drug-likeness (QED) is 0.751. The summed E-state index contributed by atoms with van der Waals surface area (Å²) >= 11 is 0. The first-order valence-corrected chi connectivity index (χ1v) is 8.59. The molecule has 0 aliphatic heterocycles. The van der Waals surface area contributed by atoms with Gasteiger partial charge in [0.15, 0.2) is 5.78 Å². The Labute approximate surface area is 140 Å². The first kappa shape index (κ1) is 17.8. The molecule has 0 N–H and O–H groups in total. The fraction of sp³-hybridized carbons (Fsp3) is 0.571. The van der Waals surface area contributed by atoms with Crippen LogP contribution in [-0.4, -0.2) is 12.4 Å². The summed E-state index contributed by atoms with van der Waals surface area (Å²) < 4.78 is 6.10. The van der Waals surface area contributed by atoms with E-state index >= 15 is 0 Å². The number of aryl methyl sites for hydroxylation is 2. The molecule has 2 rings (SSSR count). The Balaban J connectivity index is 2.52. The lowest BCUT2D eigenvalue weighted by Gasteiger charge is -2.25. The summed E-state index contributed by atoms with van der Waals surface area (Å²) in [5, 5.41) is 0. The van der Waals surface area contributed by atoms with E-state index in [0.717, 1.165) is 34.4 Å². The minimum Gasteiger partial charge on any atom is -0.497 e. The molecular formula is C21H30O2. The van der Waals surface area contributed by atoms with Crippen LogP contribution in [0.1, 0.15) is 57.7 Å². The van der Waals surface area contributed by atoms with Crippen molar-refractivity contribution in [2.75, 3.05) is 6.61 Å². The number of rotatable bonds is 4. The maximum absolute atomic E-state index is 13.2. The van der Waals surface area contributed by atoms with Gasteiger partial charge in [-0.25, -0.2) is 0 Å². The lowest BCUT2D eigenvalue weighted by Crippen LogP contribution is -2.25. The van der Waals surface area contributed by atoms with E-state index in [1.807, 2.05) is 6.07 Å². The van der Waals surface area contributed by atoms with E-state index in [9.17, 15) is 4.79 Å². The largest absolute Gasteiger partial charge is 0.497 e. The van der Waals surface area contributed by atoms with Crippen molar-refractivity contribution in [3.8, 4) is 0 Å². The highest BCUT2D eigenvalue weighted by molar-refractivity contribution is 6.25. The molecule has 1 unspecified atom stereocenters. The molecule has 1 aliphatic carbocycles. The number of hydrogen-bond acceptors (Lipinski definition) is 2. The normalized spacial score (nSPS) is 19.0. The monoisotopic (exact) mass is 314 g/mol. The van der Waals surface area contributed by atoms with Crippen LogP contribution in [0.4, 0.5) is 0 Å². The third-order valence-electron chi connectivity index (χ3n) is 4.60. The zero-order chi connectivity index (χ0) is 17.4. The van der Waals surface area contributed by atoms with E-state index in [-0.39, 0.29) is 17.1 Å². The summed E-state index contributed by atoms with van der Waals surface area (Å²) in [5.74, 6) is 1.58. The van der Waals surface area contributed by atoms with Crippen LogP contribution in [-0.2, 0) is 9.53 Å². The average molecular weight is 314 g/mol. The van der Waals surface area contributed by atoms with E-state index in [2.05, 4.69) is 60.6 Å². The van der Waals surface area contributed by atoms with Gasteiger partial charge in [-0.05, 0) is 41.9 Å². The summed E-state index contributed by atoms with van der Waals surface area (Å²) in [7, 11) is 0. The number of carbonyl (C=O) groups is 1. The van der Waals surface area contributed by atoms with Crippen LogP contribution >= 0.6 is 0 Å². The van der Waals surface area contributed by atoms with Crippen molar-refractivity contribution >= 4 is 11.4 Å². The Bertz CT molecular complexity index is 609. The molecule has 0 amide bonds. The summed E-state index contributed by atoms with van der Waals surface area (Å²) in [6, 6.07) is 6.20. The lowest BCUT2D eigenvalue weighted by molar-refractivity contribution is -0.119. The Morgan fingerprint density at radius 2 is 1.74 bits per heavy atom. The molecule has 2 heteroatoms. The van der Waals surface area contributed by atoms with Crippen LogP contribution in [0.25, 0.3) is 5.57 Å². The summed E-state index contributed by atoms with van der Waals surface area (Å²) in [6.45, 7) is 15.5. The third-order valence-corrected chi connectivity index (χ3v) is 4.60. The number of carbonyl (C=O) groups excluding carboxylic acids is 1. The molecule has 1 aromatic carbocycles. The molecule has 0 saturated heterocycles. The highest BCUT2D eigenvalue weighted by Gasteiger charge is 2.42. The molecule has 1 aromatic rings. The van der Waals surface area contributed by atoms with E-state index in [1.54, 1.807) is 0 Å². The highest BCUT2D eigenvalue weighted by Crippen LogP contribution is 2.45. The average Bonchev–Trinajstić information content (AvgIpc) is 2.74.